The van der Waals surface area contributed by atoms with Gasteiger partial charge in [-0.15, -0.1) is 0 Å². The van der Waals surface area contributed by atoms with E-state index in [0.29, 0.717) is 17.7 Å². The molecule has 0 unspecified atom stereocenters. The van der Waals surface area contributed by atoms with Gasteiger partial charge in [0, 0.05) is 18.2 Å². The molecule has 1 amide bonds. The molecule has 112 valence electrons. The molecule has 2 N–H and O–H groups in total. The molecule has 1 aromatic carbocycles. The van der Waals surface area contributed by atoms with Crippen LogP contribution in [-0.4, -0.2) is 23.5 Å². The van der Waals surface area contributed by atoms with E-state index in [4.69, 9.17) is 5.11 Å². The van der Waals surface area contributed by atoms with Crippen LogP contribution in [0.2, 0.25) is 0 Å². The van der Waals surface area contributed by atoms with E-state index in [1.54, 1.807) is 12.1 Å². The maximum atomic E-state index is 12.2. The number of aryl methyl sites for hydroxylation is 1. The normalized spacial score (nSPS) is 14.9. The first-order valence-electron chi connectivity index (χ1n) is 7.36. The summed E-state index contributed by atoms with van der Waals surface area (Å²) in [6.07, 6.45) is 7.49. The largest absolute Gasteiger partial charge is 0.478 e. The number of carbonyl (C=O) groups is 2. The van der Waals surface area contributed by atoms with E-state index in [2.05, 4.69) is 5.32 Å². The molecule has 2 rings (SSSR count). The number of hydrogen-bond acceptors (Lipinski definition) is 2. The highest BCUT2D eigenvalue weighted by Gasteiger charge is 2.17. The summed E-state index contributed by atoms with van der Waals surface area (Å²) in [6, 6.07) is 5.37. The number of carboxylic acid groups (broad SMARTS) is 1. The predicted molar refractivity (Wildman–Crippen MR) is 82.1 cm³/mol. The number of carboxylic acids is 1. The van der Waals surface area contributed by atoms with Crippen molar-refractivity contribution in [3.8, 4) is 0 Å². The lowest BCUT2D eigenvalue weighted by atomic mass is 9.83. The first-order valence-corrected chi connectivity index (χ1v) is 7.36. The van der Waals surface area contributed by atoms with Crippen LogP contribution in [-0.2, 0) is 4.79 Å². The third-order valence-corrected chi connectivity index (χ3v) is 3.99. The maximum Gasteiger partial charge on any atom is 0.328 e. The molecule has 1 aromatic rings. The second kappa shape index (κ2) is 7.07. The van der Waals surface area contributed by atoms with E-state index in [9.17, 15) is 9.59 Å². The fraction of sp³-hybridized carbons (Fsp3) is 0.412. The topological polar surface area (TPSA) is 66.4 Å². The Labute approximate surface area is 124 Å². The highest BCUT2D eigenvalue weighted by molar-refractivity contribution is 5.96. The number of nitrogens with one attached hydrogen (secondary N) is 1. The summed E-state index contributed by atoms with van der Waals surface area (Å²) < 4.78 is 0. The molecule has 21 heavy (non-hydrogen) atoms. The Balaban J connectivity index is 1.97. The molecule has 4 heteroatoms. The number of hydrogen-bond donors (Lipinski definition) is 2. The van der Waals surface area contributed by atoms with Crippen LogP contribution in [0.1, 0.15) is 47.2 Å². The third kappa shape index (κ3) is 4.45. The van der Waals surface area contributed by atoms with Gasteiger partial charge < -0.3 is 10.4 Å². The molecule has 0 heterocycles. The summed E-state index contributed by atoms with van der Waals surface area (Å²) in [4.78, 5) is 22.7. The van der Waals surface area contributed by atoms with Crippen molar-refractivity contribution in [2.45, 2.75) is 32.6 Å². The standard InChI is InChI=1S/C17H21NO3/c1-12-5-6-14(7-8-16(19)20)11-15(12)17(21)18-10-9-13-3-2-4-13/h5-8,11,13H,2-4,9-10H2,1H3,(H,18,21)(H,19,20)/b8-7+. The Hall–Kier alpha value is -2.10. The highest BCUT2D eigenvalue weighted by Crippen LogP contribution is 2.28. The van der Waals surface area contributed by atoms with Crippen LogP contribution < -0.4 is 5.32 Å². The van der Waals surface area contributed by atoms with E-state index < -0.39 is 5.97 Å². The van der Waals surface area contributed by atoms with Gasteiger partial charge in [-0.2, -0.15) is 0 Å². The summed E-state index contributed by atoms with van der Waals surface area (Å²) in [7, 11) is 0. The van der Waals surface area contributed by atoms with E-state index >= 15 is 0 Å². The first-order chi connectivity index (χ1) is 10.1. The molecule has 0 bridgehead atoms. The number of aliphatic carboxylic acids is 1. The van der Waals surface area contributed by atoms with Crippen molar-refractivity contribution in [1.29, 1.82) is 0 Å². The maximum absolute atomic E-state index is 12.2. The smallest absolute Gasteiger partial charge is 0.328 e. The van der Waals surface area contributed by atoms with Crippen LogP contribution in [0.3, 0.4) is 0 Å². The Morgan fingerprint density at radius 1 is 1.38 bits per heavy atom. The Bertz CT molecular complexity index is 559. The van der Waals surface area contributed by atoms with Gasteiger partial charge in [0.15, 0.2) is 0 Å². The third-order valence-electron chi connectivity index (χ3n) is 3.99. The van der Waals surface area contributed by atoms with Crippen LogP contribution >= 0.6 is 0 Å². The second-order valence-electron chi connectivity index (χ2n) is 5.59. The van der Waals surface area contributed by atoms with Crippen LogP contribution in [0.5, 0.6) is 0 Å². The van der Waals surface area contributed by atoms with Gasteiger partial charge in [0.05, 0.1) is 0 Å². The zero-order valence-electron chi connectivity index (χ0n) is 12.3. The second-order valence-corrected chi connectivity index (χ2v) is 5.59. The van der Waals surface area contributed by atoms with Crippen molar-refractivity contribution in [2.75, 3.05) is 6.54 Å². The Kier molecular flexibility index (Phi) is 5.14. The van der Waals surface area contributed by atoms with Crippen molar-refractivity contribution >= 4 is 18.0 Å². The summed E-state index contributed by atoms with van der Waals surface area (Å²) in [5.41, 5.74) is 2.21. The number of benzene rings is 1. The lowest BCUT2D eigenvalue weighted by Crippen LogP contribution is -2.28. The highest BCUT2D eigenvalue weighted by atomic mass is 16.4. The lowest BCUT2D eigenvalue weighted by molar-refractivity contribution is -0.131. The number of rotatable bonds is 6. The van der Waals surface area contributed by atoms with Gasteiger partial charge in [0.1, 0.15) is 0 Å². The molecular formula is C17H21NO3. The van der Waals surface area contributed by atoms with E-state index in [1.807, 2.05) is 13.0 Å². The minimum absolute atomic E-state index is 0.0857. The molecule has 0 radical (unpaired) electrons. The first kappa shape index (κ1) is 15.3. The Morgan fingerprint density at radius 3 is 2.76 bits per heavy atom. The van der Waals surface area contributed by atoms with Crippen molar-refractivity contribution in [2.24, 2.45) is 5.92 Å². The van der Waals surface area contributed by atoms with E-state index in [0.717, 1.165) is 24.0 Å². The van der Waals surface area contributed by atoms with Crippen LogP contribution in [0.15, 0.2) is 24.3 Å². The van der Waals surface area contributed by atoms with Gasteiger partial charge in [-0.3, -0.25) is 4.79 Å². The number of amides is 1. The quantitative estimate of drug-likeness (QED) is 0.790. The van der Waals surface area contributed by atoms with Gasteiger partial charge in [-0.25, -0.2) is 4.79 Å². The fourth-order valence-electron chi connectivity index (χ4n) is 2.42. The van der Waals surface area contributed by atoms with Gasteiger partial charge in [0.25, 0.3) is 5.91 Å². The molecule has 0 aromatic heterocycles. The zero-order chi connectivity index (χ0) is 15.2. The Morgan fingerprint density at radius 2 is 2.14 bits per heavy atom. The van der Waals surface area contributed by atoms with E-state index in [1.165, 1.54) is 25.3 Å². The lowest BCUT2D eigenvalue weighted by Gasteiger charge is -2.25. The molecule has 0 saturated heterocycles. The van der Waals surface area contributed by atoms with E-state index in [-0.39, 0.29) is 5.91 Å². The van der Waals surface area contributed by atoms with Gasteiger partial charge in [0.2, 0.25) is 0 Å². The SMILES string of the molecule is Cc1ccc(/C=C/C(=O)O)cc1C(=O)NCCC1CCC1. The van der Waals surface area contributed by atoms with Gasteiger partial charge in [-0.05, 0) is 42.5 Å². The van der Waals surface area contributed by atoms with Gasteiger partial charge in [-0.1, -0.05) is 31.4 Å². The van der Waals surface area contributed by atoms with Crippen molar-refractivity contribution in [1.82, 2.24) is 5.32 Å². The summed E-state index contributed by atoms with van der Waals surface area (Å²) in [6.45, 7) is 2.59. The predicted octanol–water partition coefficient (Wildman–Crippen LogP) is 3.01. The molecule has 0 atom stereocenters. The molecule has 1 saturated carbocycles. The monoisotopic (exact) mass is 287 g/mol. The molecular weight excluding hydrogens is 266 g/mol. The zero-order valence-corrected chi connectivity index (χ0v) is 12.3. The minimum atomic E-state index is -0.998. The van der Waals surface area contributed by atoms with Crippen molar-refractivity contribution in [3.63, 3.8) is 0 Å². The van der Waals surface area contributed by atoms with Gasteiger partial charge >= 0.3 is 5.97 Å². The molecule has 0 aliphatic heterocycles. The number of carbonyl (C=O) groups excluding carboxylic acids is 1. The average molecular weight is 287 g/mol. The molecule has 1 fully saturated rings. The summed E-state index contributed by atoms with van der Waals surface area (Å²) in [5.74, 6) is -0.310. The van der Waals surface area contributed by atoms with Crippen LogP contribution in [0.4, 0.5) is 0 Å². The van der Waals surface area contributed by atoms with Crippen molar-refractivity contribution in [3.05, 3.63) is 41.0 Å². The van der Waals surface area contributed by atoms with Crippen LogP contribution in [0.25, 0.3) is 6.08 Å². The summed E-state index contributed by atoms with van der Waals surface area (Å²) >= 11 is 0. The fourth-order valence-corrected chi connectivity index (χ4v) is 2.42. The minimum Gasteiger partial charge on any atom is -0.478 e. The molecule has 1 aliphatic carbocycles. The van der Waals surface area contributed by atoms with Crippen molar-refractivity contribution < 1.29 is 14.7 Å². The summed E-state index contributed by atoms with van der Waals surface area (Å²) in [5, 5.41) is 11.6. The molecule has 1 aliphatic rings. The molecule has 4 nitrogen and oxygen atoms in total. The molecule has 0 spiro atoms. The van der Waals surface area contributed by atoms with Crippen LogP contribution in [0, 0.1) is 12.8 Å². The average Bonchev–Trinajstić information content (AvgIpc) is 2.40.